The highest BCUT2D eigenvalue weighted by molar-refractivity contribution is 5.96. The van der Waals surface area contributed by atoms with Crippen LogP contribution >= 0.6 is 0 Å². The zero-order valence-electron chi connectivity index (χ0n) is 14.5. The number of unbranched alkanes of at least 4 members (excludes halogenated alkanes) is 2. The first-order chi connectivity index (χ1) is 12.1. The molecule has 0 radical (unpaired) electrons. The van der Waals surface area contributed by atoms with Crippen LogP contribution in [0, 0.1) is 23.7 Å². The predicted molar refractivity (Wildman–Crippen MR) is 95.4 cm³/mol. The summed E-state index contributed by atoms with van der Waals surface area (Å²) >= 11 is 0. The van der Waals surface area contributed by atoms with Gasteiger partial charge in [0, 0.05) is 5.69 Å². The molecule has 1 saturated carbocycles. The lowest BCUT2D eigenvalue weighted by Crippen LogP contribution is -2.36. The van der Waals surface area contributed by atoms with Gasteiger partial charge in [0.05, 0.1) is 18.4 Å². The van der Waals surface area contributed by atoms with Gasteiger partial charge in [0.25, 0.3) is 0 Å². The summed E-state index contributed by atoms with van der Waals surface area (Å²) in [4.78, 5) is 24.1. The van der Waals surface area contributed by atoms with Crippen molar-refractivity contribution in [2.75, 3.05) is 11.9 Å². The molecule has 0 heterocycles. The summed E-state index contributed by atoms with van der Waals surface area (Å²) in [5, 5.41) is 12.3. The Morgan fingerprint density at radius 1 is 1.12 bits per heavy atom. The number of carboxylic acid groups (broad SMARTS) is 1. The van der Waals surface area contributed by atoms with Gasteiger partial charge >= 0.3 is 5.97 Å². The van der Waals surface area contributed by atoms with Crippen molar-refractivity contribution < 1.29 is 19.4 Å². The molecule has 3 rings (SSSR count). The summed E-state index contributed by atoms with van der Waals surface area (Å²) in [5.41, 5.74) is 0.668. The van der Waals surface area contributed by atoms with Crippen LogP contribution in [0.25, 0.3) is 0 Å². The zero-order valence-corrected chi connectivity index (χ0v) is 14.5. The molecule has 25 heavy (non-hydrogen) atoms. The number of allylic oxidation sites excluding steroid dienone is 2. The van der Waals surface area contributed by atoms with Crippen molar-refractivity contribution in [3.63, 3.8) is 0 Å². The molecule has 5 nitrogen and oxygen atoms in total. The van der Waals surface area contributed by atoms with Crippen LogP contribution in [0.15, 0.2) is 36.4 Å². The molecule has 0 spiro atoms. The van der Waals surface area contributed by atoms with Crippen LogP contribution < -0.4 is 10.1 Å². The first-order valence-corrected chi connectivity index (χ1v) is 9.05. The number of anilines is 1. The molecule has 4 atom stereocenters. The van der Waals surface area contributed by atoms with E-state index >= 15 is 0 Å². The third kappa shape index (κ3) is 3.86. The maximum absolute atomic E-state index is 12.6. The minimum Gasteiger partial charge on any atom is -0.494 e. The number of carbonyl (C=O) groups is 2. The van der Waals surface area contributed by atoms with Gasteiger partial charge in [-0.15, -0.1) is 0 Å². The molecular formula is C20H25NO4. The van der Waals surface area contributed by atoms with E-state index in [0.29, 0.717) is 12.3 Å². The van der Waals surface area contributed by atoms with Crippen LogP contribution in [0.4, 0.5) is 5.69 Å². The molecule has 0 saturated heterocycles. The third-order valence-corrected chi connectivity index (χ3v) is 5.19. The first kappa shape index (κ1) is 17.5. The molecule has 1 fully saturated rings. The van der Waals surface area contributed by atoms with Crippen molar-refractivity contribution in [1.82, 2.24) is 0 Å². The number of aliphatic carboxylic acids is 1. The molecule has 2 aliphatic rings. The fourth-order valence-corrected chi connectivity index (χ4v) is 3.92. The monoisotopic (exact) mass is 343 g/mol. The highest BCUT2D eigenvalue weighted by Gasteiger charge is 2.51. The van der Waals surface area contributed by atoms with E-state index < -0.39 is 17.8 Å². The largest absolute Gasteiger partial charge is 0.494 e. The molecule has 0 aromatic heterocycles. The Labute approximate surface area is 148 Å². The van der Waals surface area contributed by atoms with Crippen molar-refractivity contribution >= 4 is 17.6 Å². The molecule has 5 heteroatoms. The van der Waals surface area contributed by atoms with Gasteiger partial charge < -0.3 is 15.2 Å². The smallest absolute Gasteiger partial charge is 0.307 e. The van der Waals surface area contributed by atoms with Gasteiger partial charge in [-0.2, -0.15) is 0 Å². The number of amides is 1. The normalized spacial score (nSPS) is 26.6. The Kier molecular flexibility index (Phi) is 5.41. The second-order valence-corrected chi connectivity index (χ2v) is 6.91. The molecule has 0 unspecified atom stereocenters. The summed E-state index contributed by atoms with van der Waals surface area (Å²) in [6, 6.07) is 7.26. The van der Waals surface area contributed by atoms with Crippen LogP contribution in [0.3, 0.4) is 0 Å². The van der Waals surface area contributed by atoms with Crippen LogP contribution in [-0.2, 0) is 9.59 Å². The number of rotatable bonds is 8. The first-order valence-electron chi connectivity index (χ1n) is 9.05. The number of carboxylic acids is 1. The zero-order chi connectivity index (χ0) is 17.8. The van der Waals surface area contributed by atoms with Gasteiger partial charge in [0.2, 0.25) is 5.91 Å². The van der Waals surface area contributed by atoms with Crippen molar-refractivity contribution in [3.05, 3.63) is 36.4 Å². The molecule has 2 aliphatic carbocycles. The number of hydrogen-bond acceptors (Lipinski definition) is 3. The van der Waals surface area contributed by atoms with E-state index in [1.165, 1.54) is 0 Å². The second-order valence-electron chi connectivity index (χ2n) is 6.91. The number of benzene rings is 1. The minimum absolute atomic E-state index is 0.0165. The van der Waals surface area contributed by atoms with E-state index in [9.17, 15) is 14.7 Å². The lowest BCUT2D eigenvalue weighted by atomic mass is 9.82. The highest BCUT2D eigenvalue weighted by Crippen LogP contribution is 2.48. The number of fused-ring (bicyclic) bond motifs is 2. The quantitative estimate of drug-likeness (QED) is 0.557. The topological polar surface area (TPSA) is 75.6 Å². The van der Waals surface area contributed by atoms with Crippen molar-refractivity contribution in [3.8, 4) is 5.75 Å². The maximum atomic E-state index is 12.6. The van der Waals surface area contributed by atoms with Crippen LogP contribution in [0.5, 0.6) is 5.75 Å². The van der Waals surface area contributed by atoms with Gasteiger partial charge in [-0.1, -0.05) is 31.9 Å². The van der Waals surface area contributed by atoms with E-state index in [0.717, 1.165) is 31.4 Å². The Morgan fingerprint density at radius 2 is 1.80 bits per heavy atom. The van der Waals surface area contributed by atoms with E-state index in [1.807, 2.05) is 24.3 Å². The van der Waals surface area contributed by atoms with E-state index in [4.69, 9.17) is 4.74 Å². The second kappa shape index (κ2) is 7.72. The molecule has 2 N–H and O–H groups in total. The summed E-state index contributed by atoms with van der Waals surface area (Å²) < 4.78 is 5.66. The average Bonchev–Trinajstić information content (AvgIpc) is 3.21. The SMILES string of the molecule is CCCCCOc1ccc(NC(=O)[C@@H]2[C@@H](C(=O)O)[C@H]3C=C[C@@H]2C3)cc1. The molecule has 2 bridgehead atoms. The summed E-state index contributed by atoms with van der Waals surface area (Å²) in [6.45, 7) is 2.84. The minimum atomic E-state index is -0.882. The van der Waals surface area contributed by atoms with E-state index in [1.54, 1.807) is 12.1 Å². The Hall–Kier alpha value is -2.30. The third-order valence-electron chi connectivity index (χ3n) is 5.19. The van der Waals surface area contributed by atoms with Crippen molar-refractivity contribution in [1.29, 1.82) is 0 Å². The van der Waals surface area contributed by atoms with Gasteiger partial charge in [-0.05, 0) is 48.9 Å². The van der Waals surface area contributed by atoms with E-state index in [2.05, 4.69) is 12.2 Å². The maximum Gasteiger partial charge on any atom is 0.307 e. The Morgan fingerprint density at radius 3 is 2.44 bits per heavy atom. The fourth-order valence-electron chi connectivity index (χ4n) is 3.92. The summed E-state index contributed by atoms with van der Waals surface area (Å²) in [5.74, 6) is -1.40. The van der Waals surface area contributed by atoms with E-state index in [-0.39, 0.29) is 17.7 Å². The lowest BCUT2D eigenvalue weighted by Gasteiger charge is -2.23. The Balaban J connectivity index is 1.58. The Bertz CT molecular complexity index is 652. The van der Waals surface area contributed by atoms with Crippen molar-refractivity contribution in [2.45, 2.75) is 32.6 Å². The predicted octanol–water partition coefficient (Wildman–Crippen LogP) is 3.72. The molecule has 1 aromatic rings. The average molecular weight is 343 g/mol. The van der Waals surface area contributed by atoms with Crippen LogP contribution in [-0.4, -0.2) is 23.6 Å². The van der Waals surface area contributed by atoms with Crippen LogP contribution in [0.2, 0.25) is 0 Å². The fraction of sp³-hybridized carbons (Fsp3) is 0.500. The van der Waals surface area contributed by atoms with Gasteiger partial charge in [-0.3, -0.25) is 9.59 Å². The molecule has 1 amide bonds. The lowest BCUT2D eigenvalue weighted by molar-refractivity contribution is -0.146. The number of nitrogens with one attached hydrogen (secondary N) is 1. The van der Waals surface area contributed by atoms with Gasteiger partial charge in [-0.25, -0.2) is 0 Å². The van der Waals surface area contributed by atoms with Gasteiger partial charge in [0.15, 0.2) is 0 Å². The molecule has 134 valence electrons. The summed E-state index contributed by atoms with van der Waals surface area (Å²) in [6.07, 6.45) is 8.03. The molecule has 0 aliphatic heterocycles. The number of carbonyl (C=O) groups excluding carboxylic acids is 1. The number of ether oxygens (including phenoxy) is 1. The molecule has 1 aromatic carbocycles. The highest BCUT2D eigenvalue weighted by atomic mass is 16.5. The number of hydrogen-bond donors (Lipinski definition) is 2. The van der Waals surface area contributed by atoms with Crippen LogP contribution in [0.1, 0.15) is 32.6 Å². The van der Waals surface area contributed by atoms with Crippen molar-refractivity contribution in [2.24, 2.45) is 23.7 Å². The molecular weight excluding hydrogens is 318 g/mol. The summed E-state index contributed by atoms with van der Waals surface area (Å²) in [7, 11) is 0. The van der Waals surface area contributed by atoms with Gasteiger partial charge in [0.1, 0.15) is 5.75 Å². The standard InChI is InChI=1S/C20H25NO4/c1-2-3-4-11-25-16-9-7-15(8-10-16)21-19(22)17-13-5-6-14(12-13)18(17)20(23)24/h5-10,13-14,17-18H,2-4,11-12H2,1H3,(H,21,22)(H,23,24)/t13-,14+,17+,18+/m1/s1.